The lowest BCUT2D eigenvalue weighted by atomic mass is 10.1. The number of nitrogens with two attached hydrogens (primary N) is 2. The second-order valence-corrected chi connectivity index (χ2v) is 5.33. The molecule has 0 saturated carbocycles. The van der Waals surface area contributed by atoms with E-state index in [1.807, 2.05) is 12.1 Å². The number of aromatic hydroxyl groups is 2. The highest BCUT2D eigenvalue weighted by Gasteiger charge is 2.03. The molecule has 0 amide bonds. The Labute approximate surface area is 138 Å². The molecule has 5 heteroatoms. The van der Waals surface area contributed by atoms with Crippen LogP contribution in [0.5, 0.6) is 11.5 Å². The maximum atomic E-state index is 9.99. The predicted molar refractivity (Wildman–Crippen MR) is 95.7 cm³/mol. The van der Waals surface area contributed by atoms with E-state index in [1.54, 1.807) is 54.7 Å². The Hall–Kier alpha value is -3.47. The Morgan fingerprint density at radius 3 is 1.92 bits per heavy atom. The Morgan fingerprint density at radius 1 is 0.792 bits per heavy atom. The van der Waals surface area contributed by atoms with Crippen LogP contribution in [0, 0.1) is 0 Å². The summed E-state index contributed by atoms with van der Waals surface area (Å²) in [6.45, 7) is 0. The maximum absolute atomic E-state index is 9.99. The molecule has 0 aliphatic heterocycles. The smallest absolute Gasteiger partial charge is 0.147 e. The lowest BCUT2D eigenvalue weighted by Gasteiger charge is -2.04. The standard InChI is InChI=1S/C19H17N3O2/c20-18-15(10-13-6-2-4-8-17(13)24)14(11-22-19(18)21)9-12-5-1-3-7-16(12)23/h1-11,23-24H,20-21H2. The van der Waals surface area contributed by atoms with Crippen molar-refractivity contribution in [2.45, 2.75) is 0 Å². The number of anilines is 2. The summed E-state index contributed by atoms with van der Waals surface area (Å²) in [6, 6.07) is 13.9. The molecule has 3 rings (SSSR count). The summed E-state index contributed by atoms with van der Waals surface area (Å²) in [6.07, 6.45) is 5.10. The van der Waals surface area contributed by atoms with Crippen LogP contribution in [0.1, 0.15) is 11.1 Å². The molecule has 2 aromatic carbocycles. The molecule has 120 valence electrons. The molecule has 0 radical (unpaired) electrons. The van der Waals surface area contributed by atoms with Gasteiger partial charge in [0.15, 0.2) is 0 Å². The fourth-order valence-corrected chi connectivity index (χ4v) is 2.39. The number of phenols is 2. The molecule has 0 fully saturated rings. The van der Waals surface area contributed by atoms with Crippen LogP contribution in [-0.2, 0) is 0 Å². The van der Waals surface area contributed by atoms with Crippen molar-refractivity contribution in [3.05, 3.63) is 76.3 Å². The van der Waals surface area contributed by atoms with Crippen LogP contribution in [0.2, 0.25) is 0 Å². The van der Waals surface area contributed by atoms with E-state index in [9.17, 15) is 10.2 Å². The third-order valence-corrected chi connectivity index (χ3v) is 3.70. The van der Waals surface area contributed by atoms with Crippen molar-refractivity contribution in [2.75, 3.05) is 11.5 Å². The first-order valence-corrected chi connectivity index (χ1v) is 7.35. The molecule has 0 aliphatic carbocycles. The minimum Gasteiger partial charge on any atom is -0.507 e. The van der Waals surface area contributed by atoms with Crippen molar-refractivity contribution in [3.63, 3.8) is 0 Å². The number of hydrogen-bond donors (Lipinski definition) is 4. The van der Waals surface area contributed by atoms with Crippen molar-refractivity contribution in [2.24, 2.45) is 0 Å². The molecular weight excluding hydrogens is 302 g/mol. The second-order valence-electron chi connectivity index (χ2n) is 5.33. The van der Waals surface area contributed by atoms with Crippen molar-refractivity contribution in [1.29, 1.82) is 0 Å². The van der Waals surface area contributed by atoms with Crippen molar-refractivity contribution < 1.29 is 10.2 Å². The van der Waals surface area contributed by atoms with Gasteiger partial charge in [0.25, 0.3) is 0 Å². The molecular formula is C19H17N3O2. The quantitative estimate of drug-likeness (QED) is 0.570. The van der Waals surface area contributed by atoms with Crippen LogP contribution in [0.15, 0.2) is 54.7 Å². The highest BCUT2D eigenvalue weighted by molar-refractivity contribution is 5.68. The first-order chi connectivity index (χ1) is 11.6. The number of nitrogens with zero attached hydrogens (tertiary/aromatic N) is 1. The first-order valence-electron chi connectivity index (χ1n) is 7.35. The third-order valence-electron chi connectivity index (χ3n) is 3.70. The number of benzene rings is 2. The summed E-state index contributed by atoms with van der Waals surface area (Å²) in [5.74, 6) is 0.508. The summed E-state index contributed by atoms with van der Waals surface area (Å²) in [4.78, 5) is 4.09. The van der Waals surface area contributed by atoms with Crippen LogP contribution >= 0.6 is 0 Å². The molecule has 24 heavy (non-hydrogen) atoms. The van der Waals surface area contributed by atoms with E-state index >= 15 is 0 Å². The molecule has 0 unspecified atom stereocenters. The number of aromatic nitrogens is 1. The largest absolute Gasteiger partial charge is 0.507 e. The van der Waals surface area contributed by atoms with E-state index in [2.05, 4.69) is 4.98 Å². The number of para-hydroxylation sites is 2. The van der Waals surface area contributed by atoms with Gasteiger partial charge < -0.3 is 21.7 Å². The van der Waals surface area contributed by atoms with Gasteiger partial charge >= 0.3 is 0 Å². The fraction of sp³-hybridized carbons (Fsp3) is 0. The number of pyridine rings is 1. The minimum absolute atomic E-state index is 0.140. The zero-order valence-electron chi connectivity index (χ0n) is 12.8. The first kappa shape index (κ1) is 15.4. The van der Waals surface area contributed by atoms with Crippen molar-refractivity contribution in [1.82, 2.24) is 4.98 Å². The highest BCUT2D eigenvalue weighted by atomic mass is 16.3. The van der Waals surface area contributed by atoms with E-state index < -0.39 is 0 Å². The minimum atomic E-state index is 0.140. The summed E-state index contributed by atoms with van der Waals surface area (Å²) in [5.41, 5.74) is 13.5. The molecule has 1 aromatic heterocycles. The second kappa shape index (κ2) is 6.34. The topological polar surface area (TPSA) is 105 Å². The average molecular weight is 319 g/mol. The summed E-state index contributed by atoms with van der Waals surface area (Å²) in [7, 11) is 0. The Balaban J connectivity index is 2.32. The molecule has 0 aliphatic rings. The Morgan fingerprint density at radius 2 is 1.33 bits per heavy atom. The van der Waals surface area contributed by atoms with Gasteiger partial charge in [0.1, 0.15) is 17.3 Å². The van der Waals surface area contributed by atoms with E-state index in [-0.39, 0.29) is 17.3 Å². The third kappa shape index (κ3) is 3.01. The summed E-state index contributed by atoms with van der Waals surface area (Å²) >= 11 is 0. The van der Waals surface area contributed by atoms with Gasteiger partial charge in [0.05, 0.1) is 5.69 Å². The van der Waals surface area contributed by atoms with Crippen LogP contribution in [-0.4, -0.2) is 15.2 Å². The Kier molecular flexibility index (Phi) is 4.07. The monoisotopic (exact) mass is 319 g/mol. The van der Waals surface area contributed by atoms with Gasteiger partial charge in [-0.3, -0.25) is 0 Å². The average Bonchev–Trinajstić information content (AvgIpc) is 2.58. The van der Waals surface area contributed by atoms with E-state index in [0.29, 0.717) is 27.3 Å². The number of phenolic OH excluding ortho intramolecular Hbond substituents is 2. The van der Waals surface area contributed by atoms with Gasteiger partial charge in [0, 0.05) is 27.8 Å². The lowest BCUT2D eigenvalue weighted by Crippen LogP contribution is -2.30. The van der Waals surface area contributed by atoms with Gasteiger partial charge in [-0.2, -0.15) is 0 Å². The molecule has 0 bridgehead atoms. The van der Waals surface area contributed by atoms with Crippen molar-refractivity contribution >= 4 is 23.7 Å². The highest BCUT2D eigenvalue weighted by Crippen LogP contribution is 2.17. The summed E-state index contributed by atoms with van der Waals surface area (Å²) < 4.78 is 0. The molecule has 0 atom stereocenters. The molecule has 6 N–H and O–H groups in total. The number of nitrogen functional groups attached to an aromatic ring is 2. The Bertz CT molecular complexity index is 1010. The van der Waals surface area contributed by atoms with Crippen molar-refractivity contribution in [3.8, 4) is 11.5 Å². The van der Waals surface area contributed by atoms with Gasteiger partial charge in [-0.1, -0.05) is 36.4 Å². The molecule has 5 nitrogen and oxygen atoms in total. The SMILES string of the molecule is Nc1ncc(=Cc2ccccc2O)c(=Cc2ccccc2O)c1N. The number of hydrogen-bond acceptors (Lipinski definition) is 5. The number of rotatable bonds is 2. The summed E-state index contributed by atoms with van der Waals surface area (Å²) in [5, 5.41) is 21.3. The van der Waals surface area contributed by atoms with E-state index in [1.165, 1.54) is 0 Å². The van der Waals surface area contributed by atoms with Gasteiger partial charge in [-0.15, -0.1) is 0 Å². The predicted octanol–water partition coefficient (Wildman–Crippen LogP) is 1.31. The normalized spacial score (nSPS) is 12.5. The molecule has 0 saturated heterocycles. The molecule has 3 aromatic rings. The van der Waals surface area contributed by atoms with E-state index in [4.69, 9.17) is 11.5 Å². The fourth-order valence-electron chi connectivity index (χ4n) is 2.39. The van der Waals surface area contributed by atoms with Crippen LogP contribution in [0.4, 0.5) is 11.5 Å². The van der Waals surface area contributed by atoms with Gasteiger partial charge in [-0.05, 0) is 24.3 Å². The van der Waals surface area contributed by atoms with Crippen LogP contribution in [0.3, 0.4) is 0 Å². The van der Waals surface area contributed by atoms with Gasteiger partial charge in [0.2, 0.25) is 0 Å². The van der Waals surface area contributed by atoms with Crippen LogP contribution in [0.25, 0.3) is 12.2 Å². The lowest BCUT2D eigenvalue weighted by molar-refractivity contribution is 0.473. The maximum Gasteiger partial charge on any atom is 0.147 e. The van der Waals surface area contributed by atoms with Crippen LogP contribution < -0.4 is 21.9 Å². The molecule has 0 spiro atoms. The molecule has 1 heterocycles. The van der Waals surface area contributed by atoms with Gasteiger partial charge in [-0.25, -0.2) is 4.98 Å². The zero-order valence-corrected chi connectivity index (χ0v) is 12.8. The zero-order chi connectivity index (χ0) is 17.1. The van der Waals surface area contributed by atoms with E-state index in [0.717, 1.165) is 0 Å².